The number of likely N-dealkylation sites (N-methyl/N-ethyl adjacent to an activating group) is 1. The molecule has 1 aromatic rings. The molecule has 4 heteroatoms. The number of carbonyl (C=O) groups is 1. The Morgan fingerprint density at radius 3 is 2.56 bits per heavy atom. The second-order valence-electron chi connectivity index (χ2n) is 8.39. The van der Waals surface area contributed by atoms with Gasteiger partial charge in [0.15, 0.2) is 11.5 Å². The highest BCUT2D eigenvalue weighted by Gasteiger charge is 2.55. The molecule has 1 saturated heterocycles. The molecule has 4 rings (SSSR count). The van der Waals surface area contributed by atoms with Crippen LogP contribution in [-0.4, -0.2) is 44.5 Å². The van der Waals surface area contributed by atoms with Crippen molar-refractivity contribution in [1.82, 2.24) is 4.90 Å². The zero-order chi connectivity index (χ0) is 17.7. The van der Waals surface area contributed by atoms with Gasteiger partial charge in [0.05, 0.1) is 14.2 Å². The van der Waals surface area contributed by atoms with Crippen molar-refractivity contribution in [3.63, 3.8) is 0 Å². The van der Waals surface area contributed by atoms with E-state index in [2.05, 4.69) is 24.1 Å². The molecule has 0 bridgehead atoms. The lowest BCUT2D eigenvalue weighted by molar-refractivity contribution is -0.118. The average Bonchev–Trinajstić information content (AvgIpc) is 3.16. The summed E-state index contributed by atoms with van der Waals surface area (Å²) in [6.07, 6.45) is 7.39. The van der Waals surface area contributed by atoms with Crippen molar-refractivity contribution < 1.29 is 14.3 Å². The number of benzene rings is 1. The van der Waals surface area contributed by atoms with Crippen LogP contribution in [0.15, 0.2) is 18.2 Å². The van der Waals surface area contributed by atoms with Gasteiger partial charge in [-0.05, 0) is 68.8 Å². The third-order valence-corrected chi connectivity index (χ3v) is 7.27. The maximum absolute atomic E-state index is 11.9. The number of ketones is 1. The summed E-state index contributed by atoms with van der Waals surface area (Å²) in [6.45, 7) is 1.13. The van der Waals surface area contributed by atoms with Crippen LogP contribution in [0.25, 0.3) is 0 Å². The predicted molar refractivity (Wildman–Crippen MR) is 97.4 cm³/mol. The summed E-state index contributed by atoms with van der Waals surface area (Å²) in [5.41, 5.74) is 1.82. The second kappa shape index (κ2) is 6.01. The first kappa shape index (κ1) is 16.9. The van der Waals surface area contributed by atoms with Crippen LogP contribution in [0.5, 0.6) is 11.5 Å². The van der Waals surface area contributed by atoms with Gasteiger partial charge in [0.1, 0.15) is 5.78 Å². The van der Waals surface area contributed by atoms with Crippen molar-refractivity contribution in [3.05, 3.63) is 23.8 Å². The fraction of sp³-hybridized carbons (Fsp3) is 0.667. The van der Waals surface area contributed by atoms with E-state index in [0.29, 0.717) is 11.8 Å². The van der Waals surface area contributed by atoms with Gasteiger partial charge in [-0.1, -0.05) is 6.07 Å². The first-order valence-electron chi connectivity index (χ1n) is 9.46. The number of Topliss-reactive ketones (excluding diaryl/α,β-unsaturated/α-hetero) is 1. The van der Waals surface area contributed by atoms with Crippen LogP contribution in [0.1, 0.15) is 50.5 Å². The number of methoxy groups -OCH3 is 2. The maximum Gasteiger partial charge on any atom is 0.161 e. The molecule has 3 unspecified atom stereocenters. The molecule has 1 spiro atoms. The fourth-order valence-electron chi connectivity index (χ4n) is 5.78. The number of likely N-dealkylation sites (tertiary alicyclic amines) is 1. The van der Waals surface area contributed by atoms with E-state index < -0.39 is 0 Å². The van der Waals surface area contributed by atoms with E-state index in [1.165, 1.54) is 24.8 Å². The average molecular weight is 343 g/mol. The molecule has 4 nitrogen and oxygen atoms in total. The van der Waals surface area contributed by atoms with Crippen LogP contribution >= 0.6 is 0 Å². The summed E-state index contributed by atoms with van der Waals surface area (Å²) in [6, 6.07) is 6.97. The molecule has 0 radical (unpaired) electrons. The van der Waals surface area contributed by atoms with Crippen molar-refractivity contribution in [2.45, 2.75) is 56.4 Å². The fourth-order valence-corrected chi connectivity index (χ4v) is 5.78. The summed E-state index contributed by atoms with van der Waals surface area (Å²) < 4.78 is 11.0. The molecule has 1 aliphatic heterocycles. The van der Waals surface area contributed by atoms with E-state index in [1.54, 1.807) is 14.2 Å². The lowest BCUT2D eigenvalue weighted by atomic mass is 9.58. The van der Waals surface area contributed by atoms with Crippen molar-refractivity contribution in [2.75, 3.05) is 27.8 Å². The van der Waals surface area contributed by atoms with Crippen molar-refractivity contribution in [2.24, 2.45) is 5.41 Å². The lowest BCUT2D eigenvalue weighted by Gasteiger charge is -2.49. The van der Waals surface area contributed by atoms with Crippen LogP contribution < -0.4 is 9.47 Å². The summed E-state index contributed by atoms with van der Waals surface area (Å²) in [5.74, 6) is 2.08. The van der Waals surface area contributed by atoms with Crippen LogP contribution in [0.2, 0.25) is 0 Å². The van der Waals surface area contributed by atoms with Gasteiger partial charge in [-0.25, -0.2) is 0 Å². The minimum Gasteiger partial charge on any atom is -0.493 e. The van der Waals surface area contributed by atoms with Gasteiger partial charge in [0.25, 0.3) is 0 Å². The number of rotatable bonds is 3. The number of hydrogen-bond donors (Lipinski definition) is 0. The first-order valence-corrected chi connectivity index (χ1v) is 9.46. The van der Waals surface area contributed by atoms with Crippen molar-refractivity contribution in [3.8, 4) is 11.5 Å². The number of fused-ring (bicyclic) bond motifs is 1. The molecule has 25 heavy (non-hydrogen) atoms. The van der Waals surface area contributed by atoms with Gasteiger partial charge < -0.3 is 14.4 Å². The quantitative estimate of drug-likeness (QED) is 0.841. The number of hydrogen-bond acceptors (Lipinski definition) is 4. The van der Waals surface area contributed by atoms with Crippen molar-refractivity contribution in [1.29, 1.82) is 0 Å². The third-order valence-electron chi connectivity index (χ3n) is 7.27. The molecule has 1 heterocycles. The van der Waals surface area contributed by atoms with E-state index in [0.717, 1.165) is 43.7 Å². The Balaban J connectivity index is 1.70. The second-order valence-corrected chi connectivity index (χ2v) is 8.39. The molecular formula is C21H29NO3. The highest BCUT2D eigenvalue weighted by molar-refractivity contribution is 5.81. The Labute approximate surface area is 150 Å². The van der Waals surface area contributed by atoms with E-state index in [9.17, 15) is 4.79 Å². The zero-order valence-electron chi connectivity index (χ0n) is 15.6. The minimum atomic E-state index is 0.186. The van der Waals surface area contributed by atoms with E-state index >= 15 is 0 Å². The van der Waals surface area contributed by atoms with Gasteiger partial charge in [-0.2, -0.15) is 0 Å². The SMILES string of the molecule is COc1ccc(C23CCN(C)C2CC2(CCC(=O)C2)CC3)cc1OC. The molecule has 3 aliphatic rings. The Kier molecular flexibility index (Phi) is 4.06. The smallest absolute Gasteiger partial charge is 0.161 e. The summed E-state index contributed by atoms with van der Waals surface area (Å²) in [4.78, 5) is 14.5. The largest absolute Gasteiger partial charge is 0.493 e. The normalized spacial score (nSPS) is 35.2. The number of nitrogens with zero attached hydrogens (tertiary/aromatic N) is 1. The molecule has 3 fully saturated rings. The summed E-state index contributed by atoms with van der Waals surface area (Å²) >= 11 is 0. The van der Waals surface area contributed by atoms with E-state index in [4.69, 9.17) is 9.47 Å². The molecule has 0 N–H and O–H groups in total. The zero-order valence-corrected chi connectivity index (χ0v) is 15.6. The van der Waals surface area contributed by atoms with E-state index in [-0.39, 0.29) is 10.8 Å². The van der Waals surface area contributed by atoms with Gasteiger partial charge in [0, 0.05) is 24.3 Å². The molecule has 1 aromatic carbocycles. The van der Waals surface area contributed by atoms with E-state index in [1.807, 2.05) is 6.07 Å². The molecule has 3 atom stereocenters. The Bertz CT molecular complexity index is 688. The number of ether oxygens (including phenoxy) is 2. The van der Waals surface area contributed by atoms with Crippen LogP contribution in [0.3, 0.4) is 0 Å². The summed E-state index contributed by atoms with van der Waals surface area (Å²) in [7, 11) is 5.64. The van der Waals surface area contributed by atoms with Gasteiger partial charge >= 0.3 is 0 Å². The highest BCUT2D eigenvalue weighted by atomic mass is 16.5. The first-order chi connectivity index (χ1) is 12.0. The maximum atomic E-state index is 11.9. The topological polar surface area (TPSA) is 38.8 Å². The Morgan fingerprint density at radius 1 is 1.08 bits per heavy atom. The molecule has 0 amide bonds. The molecule has 2 aliphatic carbocycles. The Morgan fingerprint density at radius 2 is 1.88 bits per heavy atom. The summed E-state index contributed by atoms with van der Waals surface area (Å²) in [5, 5.41) is 0. The van der Waals surface area contributed by atoms with Crippen LogP contribution in [0.4, 0.5) is 0 Å². The van der Waals surface area contributed by atoms with Crippen LogP contribution in [0, 0.1) is 5.41 Å². The molecular weight excluding hydrogens is 314 g/mol. The van der Waals surface area contributed by atoms with Gasteiger partial charge in [-0.15, -0.1) is 0 Å². The predicted octanol–water partition coefficient (Wildman–Crippen LogP) is 3.57. The molecule has 2 saturated carbocycles. The van der Waals surface area contributed by atoms with Crippen molar-refractivity contribution >= 4 is 5.78 Å². The number of carbonyl (C=O) groups excluding carboxylic acids is 1. The standard InChI is InChI=1S/C21H29NO3/c1-22-11-10-21(15-4-5-17(24-2)18(12-15)25-3)9-8-20(14-19(21)22)7-6-16(23)13-20/h4-5,12,19H,6-11,13-14H2,1-3H3. The highest BCUT2D eigenvalue weighted by Crippen LogP contribution is 2.58. The van der Waals surface area contributed by atoms with Crippen LogP contribution in [-0.2, 0) is 10.2 Å². The van der Waals surface area contributed by atoms with Gasteiger partial charge in [-0.3, -0.25) is 4.79 Å². The monoisotopic (exact) mass is 343 g/mol. The minimum absolute atomic E-state index is 0.186. The lowest BCUT2D eigenvalue weighted by Crippen LogP contribution is -2.49. The molecule has 136 valence electrons. The molecule has 0 aromatic heterocycles. The third kappa shape index (κ3) is 2.57. The van der Waals surface area contributed by atoms with Gasteiger partial charge in [0.2, 0.25) is 0 Å². The Hall–Kier alpha value is -1.55.